The van der Waals surface area contributed by atoms with Crippen LogP contribution in [0, 0.1) is 6.92 Å². The number of aryl methyl sites for hydroxylation is 1. The molecule has 1 aliphatic rings. The molecule has 26 heavy (non-hydrogen) atoms. The van der Waals surface area contributed by atoms with Crippen molar-refractivity contribution in [1.82, 2.24) is 10.3 Å². The molecule has 4 rings (SSSR count). The van der Waals surface area contributed by atoms with Crippen LogP contribution in [0.3, 0.4) is 0 Å². The summed E-state index contributed by atoms with van der Waals surface area (Å²) in [4.78, 5) is 3.65. The predicted octanol–water partition coefficient (Wildman–Crippen LogP) is 4.34. The van der Waals surface area contributed by atoms with Crippen molar-refractivity contribution in [2.45, 2.75) is 25.8 Å². The molecule has 4 nitrogen and oxygen atoms in total. The van der Waals surface area contributed by atoms with Gasteiger partial charge in [0.15, 0.2) is 0 Å². The highest BCUT2D eigenvalue weighted by molar-refractivity contribution is 5.86. The molecule has 1 atom stereocenters. The van der Waals surface area contributed by atoms with Gasteiger partial charge in [-0.25, -0.2) is 0 Å². The summed E-state index contributed by atoms with van der Waals surface area (Å²) in [5, 5.41) is 5.02. The lowest BCUT2D eigenvalue weighted by Crippen LogP contribution is -2.31. The standard InChI is InChI=1S/C21H24N2O2.ClH/c1-13-4-6-18-17(10-13)16-8-9-22-19(21(16)23-18)12-14-11-15(24-2)5-7-20(14)25-3;/h4-7,10-11,19,22-23H,8-9,12H2,1-3H3;1H. The lowest BCUT2D eigenvalue weighted by molar-refractivity contribution is 0.393. The molecule has 0 bridgehead atoms. The number of hydrogen-bond acceptors (Lipinski definition) is 3. The number of ether oxygens (including phenoxy) is 2. The molecule has 1 unspecified atom stereocenters. The van der Waals surface area contributed by atoms with Crippen LogP contribution in [0.1, 0.15) is 28.4 Å². The highest BCUT2D eigenvalue weighted by Gasteiger charge is 2.25. The zero-order valence-corrected chi connectivity index (χ0v) is 16.2. The van der Waals surface area contributed by atoms with E-state index >= 15 is 0 Å². The van der Waals surface area contributed by atoms with E-state index in [4.69, 9.17) is 9.47 Å². The Morgan fingerprint density at radius 2 is 1.92 bits per heavy atom. The van der Waals surface area contributed by atoms with Crippen molar-refractivity contribution in [3.63, 3.8) is 0 Å². The van der Waals surface area contributed by atoms with E-state index in [0.29, 0.717) is 0 Å². The molecule has 0 radical (unpaired) electrons. The SMILES string of the molecule is COc1ccc(OC)c(CC2NCCc3c2[nH]c2ccc(C)cc32)c1.Cl. The molecule has 3 aromatic rings. The maximum atomic E-state index is 5.56. The van der Waals surface area contributed by atoms with Crippen molar-refractivity contribution in [1.29, 1.82) is 0 Å². The number of methoxy groups -OCH3 is 2. The Morgan fingerprint density at radius 3 is 2.69 bits per heavy atom. The summed E-state index contributed by atoms with van der Waals surface area (Å²) in [5.41, 5.74) is 6.43. The Bertz CT molecular complexity index is 920. The van der Waals surface area contributed by atoms with Gasteiger partial charge in [0, 0.05) is 16.6 Å². The second-order valence-electron chi connectivity index (χ2n) is 6.70. The van der Waals surface area contributed by atoms with Crippen molar-refractivity contribution in [2.24, 2.45) is 0 Å². The molecule has 0 fully saturated rings. The van der Waals surface area contributed by atoms with Gasteiger partial charge in [-0.2, -0.15) is 0 Å². The van der Waals surface area contributed by atoms with Gasteiger partial charge >= 0.3 is 0 Å². The molecular formula is C21H25ClN2O2. The Kier molecular flexibility index (Phi) is 5.44. The lowest BCUT2D eigenvalue weighted by Gasteiger charge is -2.25. The second kappa shape index (κ2) is 7.60. The van der Waals surface area contributed by atoms with E-state index in [1.54, 1.807) is 14.2 Å². The third-order valence-corrected chi connectivity index (χ3v) is 5.12. The summed E-state index contributed by atoms with van der Waals surface area (Å²) in [7, 11) is 3.42. The number of aromatic amines is 1. The molecule has 2 aromatic carbocycles. The van der Waals surface area contributed by atoms with Crippen molar-refractivity contribution in [3.8, 4) is 11.5 Å². The van der Waals surface area contributed by atoms with Gasteiger partial charge in [0.25, 0.3) is 0 Å². The summed E-state index contributed by atoms with van der Waals surface area (Å²) in [6.45, 7) is 3.14. The van der Waals surface area contributed by atoms with E-state index in [2.05, 4.69) is 41.5 Å². The van der Waals surface area contributed by atoms with E-state index < -0.39 is 0 Å². The first-order valence-electron chi connectivity index (χ1n) is 8.75. The molecule has 138 valence electrons. The van der Waals surface area contributed by atoms with Gasteiger partial charge in [0.05, 0.1) is 20.3 Å². The van der Waals surface area contributed by atoms with Crippen molar-refractivity contribution in [2.75, 3.05) is 20.8 Å². The van der Waals surface area contributed by atoms with E-state index in [1.807, 2.05) is 12.1 Å². The van der Waals surface area contributed by atoms with Crippen LogP contribution in [0.2, 0.25) is 0 Å². The van der Waals surface area contributed by atoms with Gasteiger partial charge < -0.3 is 19.8 Å². The topological polar surface area (TPSA) is 46.3 Å². The molecule has 0 aliphatic carbocycles. The molecule has 0 spiro atoms. The third-order valence-electron chi connectivity index (χ3n) is 5.12. The van der Waals surface area contributed by atoms with Crippen LogP contribution >= 0.6 is 12.4 Å². The Morgan fingerprint density at radius 1 is 1.08 bits per heavy atom. The third kappa shape index (κ3) is 3.27. The van der Waals surface area contributed by atoms with Crippen LogP contribution in [-0.4, -0.2) is 25.7 Å². The van der Waals surface area contributed by atoms with Gasteiger partial charge in [-0.3, -0.25) is 0 Å². The van der Waals surface area contributed by atoms with Crippen LogP contribution in [0.25, 0.3) is 10.9 Å². The van der Waals surface area contributed by atoms with Crippen LogP contribution in [0.4, 0.5) is 0 Å². The lowest BCUT2D eigenvalue weighted by atomic mass is 9.94. The van der Waals surface area contributed by atoms with Gasteiger partial charge in [0.1, 0.15) is 11.5 Å². The normalized spacial score (nSPS) is 16.0. The van der Waals surface area contributed by atoms with E-state index in [-0.39, 0.29) is 18.4 Å². The molecule has 0 saturated heterocycles. The van der Waals surface area contributed by atoms with E-state index in [9.17, 15) is 0 Å². The highest BCUT2D eigenvalue weighted by atomic mass is 35.5. The summed E-state index contributed by atoms with van der Waals surface area (Å²) in [6, 6.07) is 12.9. The number of benzene rings is 2. The fourth-order valence-electron chi connectivity index (χ4n) is 3.86. The fraction of sp³-hybridized carbons (Fsp3) is 0.333. The maximum Gasteiger partial charge on any atom is 0.122 e. The van der Waals surface area contributed by atoms with Crippen LogP contribution in [0.5, 0.6) is 11.5 Å². The Balaban J connectivity index is 0.00000196. The van der Waals surface area contributed by atoms with Crippen molar-refractivity contribution in [3.05, 3.63) is 58.8 Å². The molecule has 0 saturated carbocycles. The number of rotatable bonds is 4. The summed E-state index contributed by atoms with van der Waals surface area (Å²) in [6.07, 6.45) is 1.92. The minimum atomic E-state index is 0. The molecule has 2 N–H and O–H groups in total. The number of H-pyrrole nitrogens is 1. The minimum absolute atomic E-state index is 0. The van der Waals surface area contributed by atoms with Crippen molar-refractivity contribution >= 4 is 23.3 Å². The molecule has 2 heterocycles. The first kappa shape index (κ1) is 18.6. The molecule has 1 aliphatic heterocycles. The molecule has 0 amide bonds. The molecule has 1 aromatic heterocycles. The van der Waals surface area contributed by atoms with Crippen LogP contribution in [0.15, 0.2) is 36.4 Å². The zero-order valence-electron chi connectivity index (χ0n) is 15.4. The number of halogens is 1. The zero-order chi connectivity index (χ0) is 17.4. The minimum Gasteiger partial charge on any atom is -0.497 e. The quantitative estimate of drug-likeness (QED) is 0.715. The van der Waals surface area contributed by atoms with Crippen LogP contribution < -0.4 is 14.8 Å². The number of aromatic nitrogens is 1. The Hall–Kier alpha value is -2.17. The number of fused-ring (bicyclic) bond motifs is 3. The first-order valence-corrected chi connectivity index (χ1v) is 8.75. The van der Waals surface area contributed by atoms with Gasteiger partial charge in [-0.1, -0.05) is 11.6 Å². The second-order valence-corrected chi connectivity index (χ2v) is 6.70. The van der Waals surface area contributed by atoms with Gasteiger partial charge in [-0.05, 0) is 67.8 Å². The largest absolute Gasteiger partial charge is 0.497 e. The number of nitrogens with one attached hydrogen (secondary N) is 2. The number of hydrogen-bond donors (Lipinski definition) is 2. The van der Waals surface area contributed by atoms with E-state index in [0.717, 1.165) is 36.4 Å². The molecular weight excluding hydrogens is 348 g/mol. The average Bonchev–Trinajstić information content (AvgIpc) is 3.00. The van der Waals surface area contributed by atoms with Crippen LogP contribution in [-0.2, 0) is 12.8 Å². The van der Waals surface area contributed by atoms with Gasteiger partial charge in [-0.15, -0.1) is 12.4 Å². The summed E-state index contributed by atoms with van der Waals surface area (Å²) >= 11 is 0. The Labute approximate surface area is 160 Å². The average molecular weight is 373 g/mol. The predicted molar refractivity (Wildman–Crippen MR) is 108 cm³/mol. The van der Waals surface area contributed by atoms with Crippen molar-refractivity contribution < 1.29 is 9.47 Å². The maximum absolute atomic E-state index is 5.56. The highest BCUT2D eigenvalue weighted by Crippen LogP contribution is 2.34. The monoisotopic (exact) mass is 372 g/mol. The van der Waals surface area contributed by atoms with Gasteiger partial charge in [0.2, 0.25) is 0 Å². The first-order chi connectivity index (χ1) is 12.2. The smallest absolute Gasteiger partial charge is 0.122 e. The summed E-state index contributed by atoms with van der Waals surface area (Å²) in [5.74, 6) is 1.76. The van der Waals surface area contributed by atoms with E-state index in [1.165, 1.54) is 27.7 Å². The fourth-order valence-corrected chi connectivity index (χ4v) is 3.86. The summed E-state index contributed by atoms with van der Waals surface area (Å²) < 4.78 is 10.9. The molecule has 5 heteroatoms.